The number of amides is 1. The fourth-order valence-corrected chi connectivity index (χ4v) is 3.59. The van der Waals surface area contributed by atoms with Gasteiger partial charge in [-0.05, 0) is 45.2 Å². The highest BCUT2D eigenvalue weighted by Gasteiger charge is 2.29. The van der Waals surface area contributed by atoms with Crippen LogP contribution in [0.15, 0.2) is 42.6 Å². The molecule has 0 bridgehead atoms. The lowest BCUT2D eigenvalue weighted by atomic mass is 9.98. The molecule has 1 amide bonds. The van der Waals surface area contributed by atoms with Gasteiger partial charge in [0, 0.05) is 30.8 Å². The Kier molecular flexibility index (Phi) is 4.79. The van der Waals surface area contributed by atoms with E-state index >= 15 is 0 Å². The summed E-state index contributed by atoms with van der Waals surface area (Å²) in [6.45, 7) is 7.01. The van der Waals surface area contributed by atoms with Crippen molar-refractivity contribution in [1.82, 2.24) is 19.9 Å². The van der Waals surface area contributed by atoms with Crippen LogP contribution >= 0.6 is 0 Å². The number of piperidine rings is 1. The predicted molar refractivity (Wildman–Crippen MR) is 109 cm³/mol. The lowest BCUT2D eigenvalue weighted by Crippen LogP contribution is -2.42. The van der Waals surface area contributed by atoms with Crippen molar-refractivity contribution in [3.8, 4) is 11.1 Å². The number of pyridine rings is 1. The van der Waals surface area contributed by atoms with Gasteiger partial charge in [0.15, 0.2) is 5.65 Å². The summed E-state index contributed by atoms with van der Waals surface area (Å²) < 4.78 is 5.53. The number of rotatable bonds is 2. The number of H-pyrrole nitrogens is 1. The number of imidazole rings is 1. The van der Waals surface area contributed by atoms with Crippen LogP contribution in [0.25, 0.3) is 22.3 Å². The molecule has 6 nitrogen and oxygen atoms in total. The molecule has 1 N–H and O–H groups in total. The zero-order valence-electron chi connectivity index (χ0n) is 16.6. The summed E-state index contributed by atoms with van der Waals surface area (Å²) >= 11 is 0. The van der Waals surface area contributed by atoms with Gasteiger partial charge in [0.05, 0.1) is 5.52 Å². The number of nitrogens with zero attached hydrogens (tertiary/aromatic N) is 3. The Hall–Kier alpha value is -2.89. The maximum Gasteiger partial charge on any atom is 0.410 e. The van der Waals surface area contributed by atoms with Crippen LogP contribution in [0.2, 0.25) is 0 Å². The van der Waals surface area contributed by atoms with Crippen molar-refractivity contribution in [3.63, 3.8) is 0 Å². The molecule has 1 unspecified atom stereocenters. The van der Waals surface area contributed by atoms with Crippen LogP contribution in [0.4, 0.5) is 4.79 Å². The van der Waals surface area contributed by atoms with Crippen molar-refractivity contribution in [1.29, 1.82) is 0 Å². The lowest BCUT2D eigenvalue weighted by molar-refractivity contribution is 0.0196. The summed E-state index contributed by atoms with van der Waals surface area (Å²) in [6, 6.07) is 12.3. The zero-order chi connectivity index (χ0) is 19.7. The minimum Gasteiger partial charge on any atom is -0.444 e. The second-order valence-corrected chi connectivity index (χ2v) is 8.35. The first kappa shape index (κ1) is 18.5. The van der Waals surface area contributed by atoms with Gasteiger partial charge in [-0.25, -0.2) is 14.8 Å². The SMILES string of the molecule is CC(C)(C)OC(=O)N1CCCC(c2nc3ncc(-c4ccccc4)cc3[nH]2)C1. The van der Waals surface area contributed by atoms with Crippen LogP contribution in [-0.4, -0.2) is 44.6 Å². The van der Waals surface area contributed by atoms with Crippen LogP contribution in [0, 0.1) is 0 Å². The monoisotopic (exact) mass is 378 g/mol. The molecular formula is C22H26N4O2. The maximum atomic E-state index is 12.4. The Morgan fingerprint density at radius 3 is 2.75 bits per heavy atom. The number of fused-ring (bicyclic) bond motifs is 1. The first-order valence-electron chi connectivity index (χ1n) is 9.78. The quantitative estimate of drug-likeness (QED) is 0.699. The van der Waals surface area contributed by atoms with E-state index in [-0.39, 0.29) is 12.0 Å². The van der Waals surface area contributed by atoms with Gasteiger partial charge in [-0.3, -0.25) is 0 Å². The minimum atomic E-state index is -0.485. The molecule has 1 aliphatic heterocycles. The Balaban J connectivity index is 1.54. The molecule has 3 heterocycles. The zero-order valence-corrected chi connectivity index (χ0v) is 16.6. The molecule has 1 fully saturated rings. The highest BCUT2D eigenvalue weighted by molar-refractivity contribution is 5.78. The number of hydrogen-bond donors (Lipinski definition) is 1. The number of aromatic nitrogens is 3. The summed E-state index contributed by atoms with van der Waals surface area (Å²) in [5.41, 5.74) is 3.33. The summed E-state index contributed by atoms with van der Waals surface area (Å²) in [5.74, 6) is 1.05. The number of ether oxygens (including phenoxy) is 1. The molecule has 2 aromatic heterocycles. The molecule has 0 spiro atoms. The molecule has 3 aromatic rings. The summed E-state index contributed by atoms with van der Waals surface area (Å²) in [4.78, 5) is 26.9. The third-order valence-electron chi connectivity index (χ3n) is 4.92. The van der Waals surface area contributed by atoms with E-state index in [4.69, 9.17) is 9.72 Å². The van der Waals surface area contributed by atoms with Gasteiger partial charge in [-0.2, -0.15) is 0 Å². The van der Waals surface area contributed by atoms with E-state index in [0.29, 0.717) is 12.2 Å². The van der Waals surface area contributed by atoms with E-state index in [1.54, 1.807) is 4.90 Å². The van der Waals surface area contributed by atoms with Crippen LogP contribution in [0.3, 0.4) is 0 Å². The van der Waals surface area contributed by atoms with Crippen molar-refractivity contribution in [2.45, 2.75) is 45.1 Å². The van der Waals surface area contributed by atoms with Crippen molar-refractivity contribution in [2.75, 3.05) is 13.1 Å². The largest absolute Gasteiger partial charge is 0.444 e. The lowest BCUT2D eigenvalue weighted by Gasteiger charge is -2.33. The number of nitrogens with one attached hydrogen (secondary N) is 1. The molecule has 28 heavy (non-hydrogen) atoms. The van der Waals surface area contributed by atoms with E-state index in [1.165, 1.54) is 0 Å². The standard InChI is InChI=1S/C22H26N4O2/c1-22(2,3)28-21(27)26-11-7-10-16(14-26)19-24-18-12-17(13-23-20(18)25-19)15-8-5-4-6-9-15/h4-6,8-9,12-13,16H,7,10-11,14H2,1-3H3,(H,23,24,25). The Labute approximate surface area is 164 Å². The fourth-order valence-electron chi connectivity index (χ4n) is 3.59. The number of hydrogen-bond acceptors (Lipinski definition) is 4. The molecule has 1 aliphatic rings. The summed E-state index contributed by atoms with van der Waals surface area (Å²) in [5, 5.41) is 0. The first-order chi connectivity index (χ1) is 13.4. The van der Waals surface area contributed by atoms with Gasteiger partial charge in [-0.15, -0.1) is 0 Å². The third-order valence-corrected chi connectivity index (χ3v) is 4.92. The van der Waals surface area contributed by atoms with Crippen LogP contribution < -0.4 is 0 Å². The molecule has 1 atom stereocenters. The third kappa shape index (κ3) is 4.01. The van der Waals surface area contributed by atoms with E-state index in [0.717, 1.165) is 41.9 Å². The summed E-state index contributed by atoms with van der Waals surface area (Å²) in [7, 11) is 0. The van der Waals surface area contributed by atoms with Crippen molar-refractivity contribution >= 4 is 17.3 Å². The molecule has 1 saturated heterocycles. The van der Waals surface area contributed by atoms with Gasteiger partial charge in [0.25, 0.3) is 0 Å². The second kappa shape index (κ2) is 7.26. The average Bonchev–Trinajstić information content (AvgIpc) is 3.11. The number of likely N-dealkylation sites (tertiary alicyclic amines) is 1. The van der Waals surface area contributed by atoms with Crippen LogP contribution in [-0.2, 0) is 4.74 Å². The number of aromatic amines is 1. The van der Waals surface area contributed by atoms with Gasteiger partial charge in [0.2, 0.25) is 0 Å². The van der Waals surface area contributed by atoms with E-state index < -0.39 is 5.60 Å². The molecule has 0 aliphatic carbocycles. The van der Waals surface area contributed by atoms with Crippen molar-refractivity contribution < 1.29 is 9.53 Å². The smallest absolute Gasteiger partial charge is 0.410 e. The minimum absolute atomic E-state index is 0.163. The van der Waals surface area contributed by atoms with Gasteiger partial charge in [-0.1, -0.05) is 30.3 Å². The molecular weight excluding hydrogens is 352 g/mol. The Morgan fingerprint density at radius 1 is 1.21 bits per heavy atom. The molecule has 4 rings (SSSR count). The highest BCUT2D eigenvalue weighted by Crippen LogP contribution is 2.28. The molecule has 6 heteroatoms. The van der Waals surface area contributed by atoms with E-state index in [2.05, 4.69) is 28.2 Å². The number of benzene rings is 1. The van der Waals surface area contributed by atoms with Gasteiger partial charge >= 0.3 is 6.09 Å². The first-order valence-corrected chi connectivity index (χ1v) is 9.78. The Morgan fingerprint density at radius 2 is 2.00 bits per heavy atom. The number of carbonyl (C=O) groups is 1. The van der Waals surface area contributed by atoms with Crippen molar-refractivity contribution in [2.24, 2.45) is 0 Å². The topological polar surface area (TPSA) is 71.1 Å². The maximum absolute atomic E-state index is 12.4. The van der Waals surface area contributed by atoms with Crippen LogP contribution in [0.1, 0.15) is 45.4 Å². The van der Waals surface area contributed by atoms with Gasteiger partial charge < -0.3 is 14.6 Å². The summed E-state index contributed by atoms with van der Waals surface area (Å²) in [6.07, 6.45) is 3.53. The van der Waals surface area contributed by atoms with Gasteiger partial charge in [0.1, 0.15) is 11.4 Å². The van der Waals surface area contributed by atoms with E-state index in [9.17, 15) is 4.79 Å². The second-order valence-electron chi connectivity index (χ2n) is 8.35. The molecule has 1 aromatic carbocycles. The van der Waals surface area contributed by atoms with Crippen LogP contribution in [0.5, 0.6) is 0 Å². The van der Waals surface area contributed by atoms with E-state index in [1.807, 2.05) is 45.2 Å². The molecule has 146 valence electrons. The fraction of sp³-hybridized carbons (Fsp3) is 0.409. The highest BCUT2D eigenvalue weighted by atomic mass is 16.6. The molecule has 0 radical (unpaired) electrons. The normalized spacial score (nSPS) is 17.7. The molecule has 0 saturated carbocycles. The number of carbonyl (C=O) groups excluding carboxylic acids is 1. The Bertz CT molecular complexity index is 975. The predicted octanol–water partition coefficient (Wildman–Crippen LogP) is 4.74. The van der Waals surface area contributed by atoms with Crippen molar-refractivity contribution in [3.05, 3.63) is 48.4 Å². The average molecular weight is 378 g/mol.